The number of likely N-dealkylation sites (tertiary alicyclic amines) is 1. The third kappa shape index (κ3) is 2.49. The second-order valence-electron chi connectivity index (χ2n) is 3.89. The second-order valence-corrected chi connectivity index (χ2v) is 4.65. The van der Waals surface area contributed by atoms with Crippen molar-refractivity contribution in [2.75, 3.05) is 18.4 Å². The molecule has 1 aromatic rings. The van der Waals surface area contributed by atoms with Crippen molar-refractivity contribution >= 4 is 22.4 Å². The number of anilines is 1. The minimum absolute atomic E-state index is 0.231. The van der Waals surface area contributed by atoms with Gasteiger partial charge in [0.25, 0.3) is 0 Å². The highest BCUT2D eigenvalue weighted by Gasteiger charge is 2.22. The predicted molar refractivity (Wildman–Crippen MR) is 63.3 cm³/mol. The lowest BCUT2D eigenvalue weighted by Gasteiger charge is -2.14. The summed E-state index contributed by atoms with van der Waals surface area (Å²) in [6.45, 7) is 4.49. The van der Waals surface area contributed by atoms with Crippen LogP contribution in [0.4, 0.5) is 5.00 Å². The highest BCUT2D eigenvalue weighted by atomic mass is 32.1. The van der Waals surface area contributed by atoms with Crippen LogP contribution in [0.2, 0.25) is 0 Å². The van der Waals surface area contributed by atoms with Gasteiger partial charge in [0, 0.05) is 31.0 Å². The highest BCUT2D eigenvalue weighted by Crippen LogP contribution is 2.21. The Morgan fingerprint density at radius 3 is 3.12 bits per heavy atom. The molecule has 0 radical (unpaired) electrons. The number of nitrogens with one attached hydrogen (secondary N) is 1. The molecule has 16 heavy (non-hydrogen) atoms. The van der Waals surface area contributed by atoms with Crippen LogP contribution in [0.25, 0.3) is 0 Å². The van der Waals surface area contributed by atoms with E-state index in [9.17, 15) is 4.79 Å². The minimum atomic E-state index is 0.231. The van der Waals surface area contributed by atoms with Crippen LogP contribution in [0.1, 0.15) is 31.9 Å². The first kappa shape index (κ1) is 11.3. The minimum Gasteiger partial charge on any atom is -0.374 e. The molecule has 2 rings (SSSR count). The summed E-state index contributed by atoms with van der Waals surface area (Å²) in [5.74, 6) is 0.231. The van der Waals surface area contributed by atoms with Crippen molar-refractivity contribution in [2.24, 2.45) is 0 Å². The summed E-state index contributed by atoms with van der Waals surface area (Å²) in [5, 5.41) is 8.37. The topological polar surface area (TPSA) is 58.1 Å². The van der Waals surface area contributed by atoms with Crippen LogP contribution in [0.15, 0.2) is 0 Å². The summed E-state index contributed by atoms with van der Waals surface area (Å²) in [6.07, 6.45) is 2.71. The zero-order chi connectivity index (χ0) is 11.4. The normalized spacial score (nSPS) is 15.8. The van der Waals surface area contributed by atoms with Crippen LogP contribution in [-0.2, 0) is 11.3 Å². The van der Waals surface area contributed by atoms with E-state index >= 15 is 0 Å². The van der Waals surface area contributed by atoms with Crippen LogP contribution >= 0.6 is 11.5 Å². The SMILES string of the molecule is CCCNc1snnc1CN1CCCC1=O. The molecule has 1 amide bonds. The van der Waals surface area contributed by atoms with Gasteiger partial charge in [0.15, 0.2) is 0 Å². The second kappa shape index (κ2) is 5.25. The molecule has 0 spiro atoms. The van der Waals surface area contributed by atoms with E-state index in [0.717, 1.165) is 36.6 Å². The van der Waals surface area contributed by atoms with E-state index in [-0.39, 0.29) is 5.91 Å². The van der Waals surface area contributed by atoms with Gasteiger partial charge in [-0.15, -0.1) is 5.10 Å². The lowest BCUT2D eigenvalue weighted by atomic mass is 10.4. The molecule has 1 aliphatic rings. The number of carbonyl (C=O) groups is 1. The maximum atomic E-state index is 11.5. The van der Waals surface area contributed by atoms with E-state index in [4.69, 9.17) is 0 Å². The van der Waals surface area contributed by atoms with E-state index in [0.29, 0.717) is 13.0 Å². The van der Waals surface area contributed by atoms with Crippen LogP contribution in [-0.4, -0.2) is 33.5 Å². The van der Waals surface area contributed by atoms with Crippen molar-refractivity contribution in [1.82, 2.24) is 14.5 Å². The van der Waals surface area contributed by atoms with E-state index < -0.39 is 0 Å². The Morgan fingerprint density at radius 1 is 1.56 bits per heavy atom. The average molecular weight is 240 g/mol. The van der Waals surface area contributed by atoms with Gasteiger partial charge in [-0.25, -0.2) is 0 Å². The first-order valence-corrected chi connectivity index (χ1v) is 6.41. The third-order valence-corrected chi connectivity index (χ3v) is 3.33. The lowest BCUT2D eigenvalue weighted by molar-refractivity contribution is -0.128. The van der Waals surface area contributed by atoms with Crippen molar-refractivity contribution in [3.05, 3.63) is 5.69 Å². The average Bonchev–Trinajstić information content (AvgIpc) is 2.87. The lowest BCUT2D eigenvalue weighted by Crippen LogP contribution is -2.24. The highest BCUT2D eigenvalue weighted by molar-refractivity contribution is 7.10. The van der Waals surface area contributed by atoms with Crippen molar-refractivity contribution < 1.29 is 4.79 Å². The number of aromatic nitrogens is 2. The summed E-state index contributed by atoms with van der Waals surface area (Å²) in [4.78, 5) is 13.3. The maximum Gasteiger partial charge on any atom is 0.222 e. The summed E-state index contributed by atoms with van der Waals surface area (Å²) < 4.78 is 3.93. The molecule has 0 atom stereocenters. The summed E-state index contributed by atoms with van der Waals surface area (Å²) in [5.41, 5.74) is 0.897. The molecule has 1 saturated heterocycles. The Bertz CT molecular complexity index is 365. The quantitative estimate of drug-likeness (QED) is 0.847. The maximum absolute atomic E-state index is 11.5. The third-order valence-electron chi connectivity index (χ3n) is 2.60. The molecule has 6 heteroatoms. The van der Waals surface area contributed by atoms with Gasteiger partial charge in [-0.2, -0.15) is 0 Å². The van der Waals surface area contributed by atoms with Gasteiger partial charge in [0.05, 0.1) is 6.54 Å². The molecule has 1 fully saturated rings. The van der Waals surface area contributed by atoms with Crippen molar-refractivity contribution in [2.45, 2.75) is 32.7 Å². The molecular formula is C10H16N4OS. The molecule has 1 aromatic heterocycles. The largest absolute Gasteiger partial charge is 0.374 e. The Morgan fingerprint density at radius 2 is 2.44 bits per heavy atom. The number of hydrogen-bond donors (Lipinski definition) is 1. The Labute approximate surface area is 99.0 Å². The van der Waals surface area contributed by atoms with Gasteiger partial charge in [-0.1, -0.05) is 11.4 Å². The molecule has 1 aliphatic heterocycles. The van der Waals surface area contributed by atoms with E-state index in [1.165, 1.54) is 11.5 Å². The molecule has 0 aromatic carbocycles. The van der Waals surface area contributed by atoms with Gasteiger partial charge < -0.3 is 10.2 Å². The zero-order valence-corrected chi connectivity index (χ0v) is 10.2. The standard InChI is InChI=1S/C10H16N4OS/c1-2-5-11-10-8(12-13-16-10)7-14-6-3-4-9(14)15/h11H,2-7H2,1H3. The van der Waals surface area contributed by atoms with Gasteiger partial charge >= 0.3 is 0 Å². The summed E-state index contributed by atoms with van der Waals surface area (Å²) in [7, 11) is 0. The molecule has 1 N–H and O–H groups in total. The smallest absolute Gasteiger partial charge is 0.222 e. The Hall–Kier alpha value is -1.17. The Kier molecular flexibility index (Phi) is 3.71. The van der Waals surface area contributed by atoms with Gasteiger partial charge in [-0.05, 0) is 12.8 Å². The number of nitrogens with zero attached hydrogens (tertiary/aromatic N) is 3. The van der Waals surface area contributed by atoms with Crippen molar-refractivity contribution in [1.29, 1.82) is 0 Å². The summed E-state index contributed by atoms with van der Waals surface area (Å²) in [6, 6.07) is 0. The number of hydrogen-bond acceptors (Lipinski definition) is 5. The van der Waals surface area contributed by atoms with Crippen LogP contribution in [0, 0.1) is 0 Å². The fourth-order valence-corrected chi connectivity index (χ4v) is 2.34. The molecule has 0 bridgehead atoms. The van der Waals surface area contributed by atoms with Crippen LogP contribution in [0.5, 0.6) is 0 Å². The van der Waals surface area contributed by atoms with Crippen LogP contribution in [0.3, 0.4) is 0 Å². The fraction of sp³-hybridized carbons (Fsp3) is 0.700. The van der Waals surface area contributed by atoms with Gasteiger partial charge in [-0.3, -0.25) is 4.79 Å². The van der Waals surface area contributed by atoms with E-state index in [1.807, 2.05) is 4.90 Å². The molecular weight excluding hydrogens is 224 g/mol. The summed E-state index contributed by atoms with van der Waals surface area (Å²) >= 11 is 1.36. The van der Waals surface area contributed by atoms with Crippen molar-refractivity contribution in [3.8, 4) is 0 Å². The Balaban J connectivity index is 1.97. The first-order chi connectivity index (χ1) is 7.81. The number of amides is 1. The molecule has 88 valence electrons. The fourth-order valence-electron chi connectivity index (χ4n) is 1.74. The predicted octanol–water partition coefficient (Wildman–Crippen LogP) is 1.48. The van der Waals surface area contributed by atoms with E-state index in [1.54, 1.807) is 0 Å². The molecule has 0 saturated carbocycles. The molecule has 0 aliphatic carbocycles. The monoisotopic (exact) mass is 240 g/mol. The van der Waals surface area contributed by atoms with Crippen molar-refractivity contribution in [3.63, 3.8) is 0 Å². The van der Waals surface area contributed by atoms with Gasteiger partial charge in [0.2, 0.25) is 5.91 Å². The van der Waals surface area contributed by atoms with Crippen LogP contribution < -0.4 is 5.32 Å². The number of carbonyl (C=O) groups excluding carboxylic acids is 1. The van der Waals surface area contributed by atoms with E-state index in [2.05, 4.69) is 21.8 Å². The zero-order valence-electron chi connectivity index (χ0n) is 9.40. The van der Waals surface area contributed by atoms with Gasteiger partial charge in [0.1, 0.15) is 10.7 Å². The molecule has 0 unspecified atom stereocenters. The molecule has 5 nitrogen and oxygen atoms in total. The first-order valence-electron chi connectivity index (χ1n) is 5.64. The molecule has 2 heterocycles. The number of rotatable bonds is 5.